The Balaban J connectivity index is 0. The van der Waals surface area contributed by atoms with Crippen molar-refractivity contribution in [1.82, 2.24) is 15.5 Å². The summed E-state index contributed by atoms with van der Waals surface area (Å²) in [6.45, 7) is 10.0. The molecule has 1 aliphatic heterocycles. The van der Waals surface area contributed by atoms with Gasteiger partial charge in [0, 0.05) is 32.2 Å². The molecular weight excluding hydrogens is 261 g/mol. The lowest BCUT2D eigenvalue weighted by atomic mass is 10.2. The lowest BCUT2D eigenvalue weighted by Crippen LogP contribution is -2.53. The Morgan fingerprint density at radius 2 is 1.82 bits per heavy atom. The molecule has 0 aromatic rings. The first kappa shape index (κ1) is 19.3. The van der Waals surface area contributed by atoms with Crippen molar-refractivity contribution in [3.8, 4) is 0 Å². The van der Waals surface area contributed by atoms with Gasteiger partial charge in [-0.25, -0.2) is 0 Å². The van der Waals surface area contributed by atoms with Gasteiger partial charge in [0.2, 0.25) is 5.91 Å². The van der Waals surface area contributed by atoms with Crippen LogP contribution in [0.25, 0.3) is 0 Å². The molecule has 17 heavy (non-hydrogen) atoms. The Labute approximate surface area is 117 Å². The van der Waals surface area contributed by atoms with Gasteiger partial charge in [-0.1, -0.05) is 6.92 Å². The second-order valence-corrected chi connectivity index (χ2v) is 4.28. The Morgan fingerprint density at radius 1 is 1.29 bits per heavy atom. The summed E-state index contributed by atoms with van der Waals surface area (Å²) in [4.78, 5) is 14.1. The number of nitrogens with one attached hydrogen (secondary N) is 2. The molecule has 1 aliphatic rings. The van der Waals surface area contributed by atoms with E-state index in [1.165, 1.54) is 0 Å². The van der Waals surface area contributed by atoms with Crippen LogP contribution in [-0.2, 0) is 4.79 Å². The highest BCUT2D eigenvalue weighted by Crippen LogP contribution is 2.02. The van der Waals surface area contributed by atoms with E-state index in [9.17, 15) is 4.79 Å². The third-order valence-corrected chi connectivity index (χ3v) is 3.08. The van der Waals surface area contributed by atoms with E-state index in [1.54, 1.807) is 0 Å². The third-order valence-electron chi connectivity index (χ3n) is 3.08. The highest BCUT2D eigenvalue weighted by Gasteiger charge is 2.22. The average Bonchev–Trinajstić information content (AvgIpc) is 2.29. The molecule has 1 saturated heterocycles. The van der Waals surface area contributed by atoms with Gasteiger partial charge in [0.25, 0.3) is 0 Å². The number of hydrogen-bond donors (Lipinski definition) is 2. The summed E-state index contributed by atoms with van der Waals surface area (Å²) in [5.74, 6) is 0.159. The quantitative estimate of drug-likeness (QED) is 0.811. The summed E-state index contributed by atoms with van der Waals surface area (Å²) in [7, 11) is 0. The number of piperazine rings is 1. The fraction of sp³-hybridized carbons (Fsp3) is 0.909. The SMILES string of the molecule is CCC(C)NC(=O)C(C)N1CCNCC1.Cl.Cl. The minimum Gasteiger partial charge on any atom is -0.352 e. The highest BCUT2D eigenvalue weighted by molar-refractivity contribution is 5.85. The molecule has 0 aliphatic carbocycles. The van der Waals surface area contributed by atoms with Crippen molar-refractivity contribution in [3.05, 3.63) is 0 Å². The van der Waals surface area contributed by atoms with Crippen LogP contribution in [0.5, 0.6) is 0 Å². The normalized spacial score (nSPS) is 19.5. The number of hydrogen-bond acceptors (Lipinski definition) is 3. The van der Waals surface area contributed by atoms with Crippen LogP contribution in [0.3, 0.4) is 0 Å². The molecule has 1 rings (SSSR count). The topological polar surface area (TPSA) is 44.4 Å². The van der Waals surface area contributed by atoms with Crippen molar-refractivity contribution in [2.24, 2.45) is 0 Å². The van der Waals surface area contributed by atoms with Gasteiger partial charge < -0.3 is 10.6 Å². The van der Waals surface area contributed by atoms with Crippen LogP contribution in [0, 0.1) is 0 Å². The predicted octanol–water partition coefficient (Wildman–Crippen LogP) is 1.04. The van der Waals surface area contributed by atoms with E-state index in [0.717, 1.165) is 32.6 Å². The largest absolute Gasteiger partial charge is 0.352 e. The zero-order valence-corrected chi connectivity index (χ0v) is 12.5. The first-order chi connectivity index (χ1) is 7.15. The van der Waals surface area contributed by atoms with Crippen LogP contribution < -0.4 is 10.6 Å². The standard InChI is InChI=1S/C11H23N3O.2ClH/c1-4-9(2)13-11(15)10(3)14-7-5-12-6-8-14;;/h9-10,12H,4-8H2,1-3H3,(H,13,15);2*1H. The van der Waals surface area contributed by atoms with Gasteiger partial charge in [0.1, 0.15) is 0 Å². The summed E-state index contributed by atoms with van der Waals surface area (Å²) in [5.41, 5.74) is 0. The summed E-state index contributed by atoms with van der Waals surface area (Å²) >= 11 is 0. The molecule has 2 atom stereocenters. The van der Waals surface area contributed by atoms with Gasteiger partial charge in [-0.2, -0.15) is 0 Å². The van der Waals surface area contributed by atoms with Crippen molar-refractivity contribution in [1.29, 1.82) is 0 Å². The number of halogens is 2. The Kier molecular flexibility index (Phi) is 11.3. The fourth-order valence-electron chi connectivity index (χ4n) is 1.70. The van der Waals surface area contributed by atoms with Gasteiger partial charge in [0.05, 0.1) is 6.04 Å². The van der Waals surface area contributed by atoms with Crippen LogP contribution in [0.4, 0.5) is 0 Å². The van der Waals surface area contributed by atoms with Crippen molar-refractivity contribution < 1.29 is 4.79 Å². The van der Waals surface area contributed by atoms with Crippen LogP contribution in [0.2, 0.25) is 0 Å². The monoisotopic (exact) mass is 285 g/mol. The van der Waals surface area contributed by atoms with E-state index in [1.807, 2.05) is 13.8 Å². The van der Waals surface area contributed by atoms with E-state index >= 15 is 0 Å². The molecule has 0 aromatic carbocycles. The van der Waals surface area contributed by atoms with Crippen LogP contribution in [0.1, 0.15) is 27.2 Å². The molecule has 0 bridgehead atoms. The van der Waals surface area contributed by atoms with Gasteiger partial charge >= 0.3 is 0 Å². The van der Waals surface area contributed by atoms with E-state index < -0.39 is 0 Å². The Bertz CT molecular complexity index is 211. The molecule has 4 nitrogen and oxygen atoms in total. The lowest BCUT2D eigenvalue weighted by Gasteiger charge is -2.32. The van der Waals surface area contributed by atoms with E-state index in [2.05, 4.69) is 22.5 Å². The maximum absolute atomic E-state index is 11.8. The van der Waals surface area contributed by atoms with Crippen molar-refractivity contribution >= 4 is 30.7 Å². The van der Waals surface area contributed by atoms with Crippen molar-refractivity contribution in [2.45, 2.75) is 39.3 Å². The first-order valence-electron chi connectivity index (χ1n) is 5.90. The zero-order valence-electron chi connectivity index (χ0n) is 10.9. The second-order valence-electron chi connectivity index (χ2n) is 4.28. The second kappa shape index (κ2) is 9.95. The van der Waals surface area contributed by atoms with Crippen molar-refractivity contribution in [3.63, 3.8) is 0 Å². The molecular formula is C11H25Cl2N3O. The number of rotatable bonds is 4. The van der Waals surface area contributed by atoms with E-state index in [4.69, 9.17) is 0 Å². The minimum atomic E-state index is 0. The smallest absolute Gasteiger partial charge is 0.237 e. The summed E-state index contributed by atoms with van der Waals surface area (Å²) in [6.07, 6.45) is 0.986. The molecule has 1 fully saturated rings. The van der Waals surface area contributed by atoms with E-state index in [-0.39, 0.29) is 42.8 Å². The maximum atomic E-state index is 11.8. The van der Waals surface area contributed by atoms with Gasteiger partial charge in [-0.3, -0.25) is 9.69 Å². The molecule has 6 heteroatoms. The van der Waals surface area contributed by atoms with Crippen LogP contribution in [-0.4, -0.2) is 49.1 Å². The Hall–Kier alpha value is -0.0300. The predicted molar refractivity (Wildman–Crippen MR) is 76.3 cm³/mol. The number of carbonyl (C=O) groups excluding carboxylic acids is 1. The van der Waals surface area contributed by atoms with E-state index in [0.29, 0.717) is 0 Å². The van der Waals surface area contributed by atoms with Gasteiger partial charge in [-0.05, 0) is 20.3 Å². The molecule has 1 amide bonds. The molecule has 104 valence electrons. The summed E-state index contributed by atoms with van der Waals surface area (Å²) < 4.78 is 0. The van der Waals surface area contributed by atoms with Gasteiger partial charge in [0.15, 0.2) is 0 Å². The Morgan fingerprint density at radius 3 is 2.29 bits per heavy atom. The fourth-order valence-corrected chi connectivity index (χ4v) is 1.70. The number of nitrogens with zero attached hydrogens (tertiary/aromatic N) is 1. The summed E-state index contributed by atoms with van der Waals surface area (Å²) in [6, 6.07) is 0.281. The highest BCUT2D eigenvalue weighted by atomic mass is 35.5. The van der Waals surface area contributed by atoms with Crippen LogP contribution >= 0.6 is 24.8 Å². The third kappa shape index (κ3) is 6.46. The molecule has 0 radical (unpaired) electrons. The van der Waals surface area contributed by atoms with Crippen molar-refractivity contribution in [2.75, 3.05) is 26.2 Å². The average molecular weight is 286 g/mol. The molecule has 0 saturated carbocycles. The minimum absolute atomic E-state index is 0. The van der Waals surface area contributed by atoms with Crippen LogP contribution in [0.15, 0.2) is 0 Å². The first-order valence-corrected chi connectivity index (χ1v) is 5.90. The summed E-state index contributed by atoms with van der Waals surface area (Å²) in [5, 5.41) is 6.31. The van der Waals surface area contributed by atoms with Gasteiger partial charge in [-0.15, -0.1) is 24.8 Å². The molecule has 2 unspecified atom stereocenters. The molecule has 2 N–H and O–H groups in total. The number of carbonyl (C=O) groups is 1. The molecule has 0 spiro atoms. The molecule has 0 aromatic heterocycles. The lowest BCUT2D eigenvalue weighted by molar-refractivity contribution is -0.126. The molecule has 1 heterocycles. The zero-order chi connectivity index (χ0) is 11.3. The number of amides is 1. The maximum Gasteiger partial charge on any atom is 0.237 e.